The molecule has 1 amide bonds. The number of para-hydroxylation sites is 1. The summed E-state index contributed by atoms with van der Waals surface area (Å²) in [5.41, 5.74) is 2.38. The summed E-state index contributed by atoms with van der Waals surface area (Å²) in [7, 11) is 0. The third kappa shape index (κ3) is 2.28. The molecule has 2 aliphatic carbocycles. The lowest BCUT2D eigenvalue weighted by atomic mass is 10.0. The number of nitrogens with zero attached hydrogens (tertiary/aromatic N) is 1. The van der Waals surface area contributed by atoms with Crippen molar-refractivity contribution in [1.29, 1.82) is 0 Å². The molecule has 1 aromatic rings. The molecule has 0 spiro atoms. The van der Waals surface area contributed by atoms with Gasteiger partial charge >= 0.3 is 0 Å². The zero-order valence-electron chi connectivity index (χ0n) is 12.7. The minimum atomic E-state index is 0.311. The van der Waals surface area contributed by atoms with Crippen molar-refractivity contribution in [2.45, 2.75) is 45.2 Å². The zero-order chi connectivity index (χ0) is 14.4. The Kier molecular flexibility index (Phi) is 3.26. The number of rotatable bonds is 1. The second kappa shape index (κ2) is 5.13. The highest BCUT2D eigenvalue weighted by atomic mass is 16.2. The molecule has 1 N–H and O–H groups in total. The van der Waals surface area contributed by atoms with Crippen LogP contribution in [0.2, 0.25) is 0 Å². The summed E-state index contributed by atoms with van der Waals surface area (Å²) in [4.78, 5) is 15.2. The van der Waals surface area contributed by atoms with Gasteiger partial charge in [0, 0.05) is 30.7 Å². The van der Waals surface area contributed by atoms with Crippen LogP contribution in [0.1, 0.15) is 38.2 Å². The van der Waals surface area contributed by atoms with Gasteiger partial charge < -0.3 is 10.2 Å². The van der Waals surface area contributed by atoms with E-state index in [1.165, 1.54) is 31.2 Å². The van der Waals surface area contributed by atoms with Crippen molar-refractivity contribution in [2.24, 2.45) is 17.8 Å². The third-order valence-corrected chi connectivity index (χ3v) is 5.59. The molecule has 0 bridgehead atoms. The molecule has 1 aliphatic heterocycles. The smallest absolute Gasteiger partial charge is 0.230 e. The van der Waals surface area contributed by atoms with Gasteiger partial charge in [0.1, 0.15) is 0 Å². The standard InChI is InChI=1S/C18H24N2O/c1-12-11-20(16-9-5-2-6-13(16)10-19-12)18(21)17-14-7-3-4-8-15(14)17/h2,5-6,9,12,14-15,17,19H,3-4,7-8,10-11H2,1H3. The van der Waals surface area contributed by atoms with Crippen LogP contribution in [0.25, 0.3) is 0 Å². The number of hydrogen-bond donors (Lipinski definition) is 1. The summed E-state index contributed by atoms with van der Waals surface area (Å²) in [5, 5.41) is 3.51. The minimum absolute atomic E-state index is 0.311. The summed E-state index contributed by atoms with van der Waals surface area (Å²) in [6.07, 6.45) is 5.17. The SMILES string of the molecule is CC1CN(C(=O)C2C3CCCCC32)c2ccccc2CN1. The third-order valence-electron chi connectivity index (χ3n) is 5.59. The predicted molar refractivity (Wildman–Crippen MR) is 84.0 cm³/mol. The number of hydrogen-bond acceptors (Lipinski definition) is 2. The number of carbonyl (C=O) groups excluding carboxylic acids is 1. The Labute approximate surface area is 126 Å². The van der Waals surface area contributed by atoms with Gasteiger partial charge in [-0.2, -0.15) is 0 Å². The van der Waals surface area contributed by atoms with Crippen LogP contribution in [0.5, 0.6) is 0 Å². The fourth-order valence-electron chi connectivity index (χ4n) is 4.39. The lowest BCUT2D eigenvalue weighted by molar-refractivity contribution is -0.120. The number of fused-ring (bicyclic) bond motifs is 2. The van der Waals surface area contributed by atoms with Crippen molar-refractivity contribution in [3.8, 4) is 0 Å². The first kappa shape index (κ1) is 13.3. The molecule has 3 unspecified atom stereocenters. The average molecular weight is 284 g/mol. The van der Waals surface area contributed by atoms with Crippen LogP contribution in [-0.4, -0.2) is 18.5 Å². The normalized spacial score (nSPS) is 34.6. The Morgan fingerprint density at radius 2 is 1.90 bits per heavy atom. The second-order valence-corrected chi connectivity index (χ2v) is 7.00. The van der Waals surface area contributed by atoms with Crippen LogP contribution in [0, 0.1) is 17.8 Å². The first-order valence-corrected chi connectivity index (χ1v) is 8.38. The molecule has 3 heteroatoms. The highest BCUT2D eigenvalue weighted by molar-refractivity contribution is 5.98. The van der Waals surface area contributed by atoms with Crippen molar-refractivity contribution in [3.63, 3.8) is 0 Å². The van der Waals surface area contributed by atoms with Crippen LogP contribution >= 0.6 is 0 Å². The fraction of sp³-hybridized carbons (Fsp3) is 0.611. The summed E-state index contributed by atoms with van der Waals surface area (Å²) in [6.45, 7) is 3.83. The molecule has 3 nitrogen and oxygen atoms in total. The van der Waals surface area contributed by atoms with Crippen LogP contribution in [0.3, 0.4) is 0 Å². The molecule has 0 radical (unpaired) electrons. The van der Waals surface area contributed by atoms with E-state index in [9.17, 15) is 4.79 Å². The Morgan fingerprint density at radius 1 is 1.19 bits per heavy atom. The monoisotopic (exact) mass is 284 g/mol. The van der Waals surface area contributed by atoms with Crippen LogP contribution < -0.4 is 10.2 Å². The van der Waals surface area contributed by atoms with Crippen molar-refractivity contribution in [2.75, 3.05) is 11.4 Å². The molecule has 4 rings (SSSR count). The van der Waals surface area contributed by atoms with Gasteiger partial charge in [0.2, 0.25) is 5.91 Å². The lowest BCUT2D eigenvalue weighted by Gasteiger charge is -2.25. The number of amides is 1. The van der Waals surface area contributed by atoms with E-state index in [1.54, 1.807) is 0 Å². The van der Waals surface area contributed by atoms with Gasteiger partial charge in [-0.1, -0.05) is 31.0 Å². The molecule has 3 atom stereocenters. The second-order valence-electron chi connectivity index (χ2n) is 7.00. The van der Waals surface area contributed by atoms with Gasteiger partial charge in [0.15, 0.2) is 0 Å². The van der Waals surface area contributed by atoms with E-state index in [0.717, 1.165) is 18.8 Å². The molecular formula is C18H24N2O. The molecule has 1 heterocycles. The molecule has 0 aromatic heterocycles. The van der Waals surface area contributed by atoms with Gasteiger partial charge in [-0.3, -0.25) is 4.79 Å². The highest BCUT2D eigenvalue weighted by Crippen LogP contribution is 2.56. The number of nitrogens with one attached hydrogen (secondary N) is 1. The molecule has 1 aromatic carbocycles. The van der Waals surface area contributed by atoms with Gasteiger partial charge in [-0.25, -0.2) is 0 Å². The van der Waals surface area contributed by atoms with Gasteiger partial charge in [0.25, 0.3) is 0 Å². The van der Waals surface area contributed by atoms with Gasteiger partial charge in [-0.05, 0) is 43.2 Å². The minimum Gasteiger partial charge on any atom is -0.310 e. The van der Waals surface area contributed by atoms with E-state index in [-0.39, 0.29) is 0 Å². The molecule has 21 heavy (non-hydrogen) atoms. The zero-order valence-corrected chi connectivity index (χ0v) is 12.7. The Hall–Kier alpha value is -1.35. The fourth-order valence-corrected chi connectivity index (χ4v) is 4.39. The quantitative estimate of drug-likeness (QED) is 0.860. The van der Waals surface area contributed by atoms with Crippen molar-refractivity contribution in [3.05, 3.63) is 29.8 Å². The van der Waals surface area contributed by atoms with E-state index >= 15 is 0 Å². The molecule has 2 saturated carbocycles. The van der Waals surface area contributed by atoms with Crippen LogP contribution in [0.15, 0.2) is 24.3 Å². The number of anilines is 1. The molecular weight excluding hydrogens is 260 g/mol. The van der Waals surface area contributed by atoms with E-state index in [2.05, 4.69) is 41.4 Å². The maximum absolute atomic E-state index is 13.1. The maximum Gasteiger partial charge on any atom is 0.230 e. The van der Waals surface area contributed by atoms with Crippen molar-refractivity contribution < 1.29 is 4.79 Å². The lowest BCUT2D eigenvalue weighted by Crippen LogP contribution is -2.40. The first-order valence-electron chi connectivity index (χ1n) is 8.38. The predicted octanol–water partition coefficient (Wildman–Crippen LogP) is 2.95. The summed E-state index contributed by atoms with van der Waals surface area (Å²) in [6, 6.07) is 8.71. The Bertz CT molecular complexity index is 544. The van der Waals surface area contributed by atoms with Crippen molar-refractivity contribution in [1.82, 2.24) is 5.32 Å². The Balaban J connectivity index is 1.62. The van der Waals surface area contributed by atoms with Gasteiger partial charge in [-0.15, -0.1) is 0 Å². The Morgan fingerprint density at radius 3 is 2.67 bits per heavy atom. The van der Waals surface area contributed by atoms with Crippen molar-refractivity contribution >= 4 is 11.6 Å². The van der Waals surface area contributed by atoms with Crippen LogP contribution in [-0.2, 0) is 11.3 Å². The topological polar surface area (TPSA) is 32.3 Å². The molecule has 2 fully saturated rings. The molecule has 0 saturated heterocycles. The highest BCUT2D eigenvalue weighted by Gasteiger charge is 2.56. The van der Waals surface area contributed by atoms with E-state index in [0.29, 0.717) is 29.7 Å². The molecule has 3 aliphatic rings. The largest absolute Gasteiger partial charge is 0.310 e. The maximum atomic E-state index is 13.1. The van der Waals surface area contributed by atoms with Crippen LogP contribution in [0.4, 0.5) is 5.69 Å². The summed E-state index contributed by atoms with van der Waals surface area (Å²) < 4.78 is 0. The average Bonchev–Trinajstić information content (AvgIpc) is 3.26. The van der Waals surface area contributed by atoms with E-state index in [1.807, 2.05) is 0 Å². The first-order chi connectivity index (χ1) is 10.3. The van der Waals surface area contributed by atoms with E-state index in [4.69, 9.17) is 0 Å². The number of carbonyl (C=O) groups is 1. The van der Waals surface area contributed by atoms with E-state index < -0.39 is 0 Å². The summed E-state index contributed by atoms with van der Waals surface area (Å²) in [5.74, 6) is 2.07. The molecule has 112 valence electrons. The summed E-state index contributed by atoms with van der Waals surface area (Å²) >= 11 is 0. The van der Waals surface area contributed by atoms with Gasteiger partial charge in [0.05, 0.1) is 0 Å². The number of benzene rings is 1.